The number of aromatic carboxylic acids is 1. The number of aromatic nitrogens is 4. The Morgan fingerprint density at radius 2 is 2.19 bits per heavy atom. The van der Waals surface area contributed by atoms with Crippen molar-refractivity contribution in [1.82, 2.24) is 19.6 Å². The minimum Gasteiger partial charge on any atom is -0.478 e. The maximum Gasteiger partial charge on any atom is 0.348 e. The Hall–Kier alpha value is -2.43. The van der Waals surface area contributed by atoms with E-state index in [9.17, 15) is 9.59 Å². The van der Waals surface area contributed by atoms with Crippen molar-refractivity contribution in [2.75, 3.05) is 0 Å². The molecular formula is C12H7IN4O4. The van der Waals surface area contributed by atoms with Gasteiger partial charge in [0.15, 0.2) is 5.65 Å². The molecule has 106 valence electrons. The molecule has 0 fully saturated rings. The van der Waals surface area contributed by atoms with Crippen molar-refractivity contribution in [2.45, 2.75) is 0 Å². The smallest absolute Gasteiger partial charge is 0.348 e. The van der Waals surface area contributed by atoms with Gasteiger partial charge in [-0.15, -0.1) is 0 Å². The van der Waals surface area contributed by atoms with E-state index in [4.69, 9.17) is 9.84 Å². The van der Waals surface area contributed by atoms with Crippen LogP contribution in [0, 0.1) is 3.57 Å². The first-order chi connectivity index (χ1) is 10.0. The zero-order chi connectivity index (χ0) is 15.0. The van der Waals surface area contributed by atoms with Gasteiger partial charge in [0.25, 0.3) is 0 Å². The van der Waals surface area contributed by atoms with E-state index in [-0.39, 0.29) is 11.4 Å². The molecule has 3 aromatic rings. The summed E-state index contributed by atoms with van der Waals surface area (Å²) in [7, 11) is 0. The summed E-state index contributed by atoms with van der Waals surface area (Å²) in [6.07, 6.45) is 1.28. The summed E-state index contributed by atoms with van der Waals surface area (Å²) in [6, 6.07) is 6.01. The van der Waals surface area contributed by atoms with E-state index < -0.39 is 11.7 Å². The van der Waals surface area contributed by atoms with Crippen molar-refractivity contribution < 1.29 is 14.6 Å². The second-order valence-corrected chi connectivity index (χ2v) is 5.20. The lowest BCUT2D eigenvalue weighted by molar-refractivity contribution is 0.0696. The highest BCUT2D eigenvalue weighted by Gasteiger charge is 2.10. The molecule has 0 aliphatic rings. The lowest BCUT2D eigenvalue weighted by atomic mass is 10.2. The third-order valence-electron chi connectivity index (χ3n) is 2.68. The molecule has 0 saturated heterocycles. The van der Waals surface area contributed by atoms with Gasteiger partial charge in [-0.25, -0.2) is 24.1 Å². The Morgan fingerprint density at radius 3 is 2.95 bits per heavy atom. The SMILES string of the molecule is O=C(O)c1ccc(I)c(Oc2cc3n[nH]c(=O)n3cn2)c1. The maximum atomic E-state index is 11.3. The highest BCUT2D eigenvalue weighted by Crippen LogP contribution is 2.27. The molecule has 2 heterocycles. The molecule has 2 aromatic heterocycles. The first kappa shape index (κ1) is 13.5. The fraction of sp³-hybridized carbons (Fsp3) is 0. The van der Waals surface area contributed by atoms with Gasteiger partial charge >= 0.3 is 11.7 Å². The Labute approximate surface area is 130 Å². The van der Waals surface area contributed by atoms with Crippen LogP contribution in [0.4, 0.5) is 0 Å². The molecule has 2 N–H and O–H groups in total. The maximum absolute atomic E-state index is 11.3. The monoisotopic (exact) mass is 398 g/mol. The number of carbonyl (C=O) groups is 1. The van der Waals surface area contributed by atoms with E-state index in [1.165, 1.54) is 28.9 Å². The second-order valence-electron chi connectivity index (χ2n) is 4.04. The molecule has 3 rings (SSSR count). The van der Waals surface area contributed by atoms with E-state index in [0.717, 1.165) is 3.57 Å². The number of carboxylic acids is 1. The predicted octanol–water partition coefficient (Wildman–Crippen LogP) is 1.51. The number of halogens is 1. The predicted molar refractivity (Wildman–Crippen MR) is 79.8 cm³/mol. The second kappa shape index (κ2) is 5.16. The fourth-order valence-electron chi connectivity index (χ4n) is 1.68. The largest absolute Gasteiger partial charge is 0.478 e. The summed E-state index contributed by atoms with van der Waals surface area (Å²) in [6.45, 7) is 0. The van der Waals surface area contributed by atoms with Crippen molar-refractivity contribution in [3.8, 4) is 11.6 Å². The number of hydrogen-bond donors (Lipinski definition) is 2. The standard InChI is InChI=1S/C12H7IN4O4/c13-7-2-1-6(11(18)19)3-8(7)21-10-4-9-15-16-12(20)17(9)5-14-10/h1-5H,(H,16,20)(H,18,19). The van der Waals surface area contributed by atoms with Crippen LogP contribution in [0.2, 0.25) is 0 Å². The molecule has 0 aliphatic heterocycles. The average molecular weight is 398 g/mol. The molecular weight excluding hydrogens is 391 g/mol. The van der Waals surface area contributed by atoms with Gasteiger partial charge in [-0.1, -0.05) is 0 Å². The number of aromatic amines is 1. The quantitative estimate of drug-likeness (QED) is 0.648. The third-order valence-corrected chi connectivity index (χ3v) is 3.57. The van der Waals surface area contributed by atoms with Crippen molar-refractivity contribution in [3.05, 3.63) is 50.2 Å². The third kappa shape index (κ3) is 2.59. The molecule has 0 unspecified atom stereocenters. The zero-order valence-corrected chi connectivity index (χ0v) is 12.4. The first-order valence-electron chi connectivity index (χ1n) is 5.68. The number of H-pyrrole nitrogens is 1. The van der Waals surface area contributed by atoms with Crippen LogP contribution in [0.15, 0.2) is 35.4 Å². The van der Waals surface area contributed by atoms with Crippen LogP contribution in [0.3, 0.4) is 0 Å². The van der Waals surface area contributed by atoms with Crippen LogP contribution < -0.4 is 10.4 Å². The number of fused-ring (bicyclic) bond motifs is 1. The molecule has 0 saturated carbocycles. The number of hydrogen-bond acceptors (Lipinski definition) is 5. The summed E-state index contributed by atoms with van der Waals surface area (Å²) in [5.41, 5.74) is 0.0726. The highest BCUT2D eigenvalue weighted by atomic mass is 127. The summed E-state index contributed by atoms with van der Waals surface area (Å²) in [5.74, 6) is -0.467. The van der Waals surface area contributed by atoms with Crippen LogP contribution in [0.25, 0.3) is 5.65 Å². The van der Waals surface area contributed by atoms with Gasteiger partial charge in [0.1, 0.15) is 12.1 Å². The number of nitrogens with zero attached hydrogens (tertiary/aromatic N) is 3. The van der Waals surface area contributed by atoms with Crippen molar-refractivity contribution in [3.63, 3.8) is 0 Å². The highest BCUT2D eigenvalue weighted by molar-refractivity contribution is 14.1. The van der Waals surface area contributed by atoms with Crippen molar-refractivity contribution in [2.24, 2.45) is 0 Å². The van der Waals surface area contributed by atoms with Crippen LogP contribution in [-0.4, -0.2) is 30.7 Å². The van der Waals surface area contributed by atoms with E-state index >= 15 is 0 Å². The van der Waals surface area contributed by atoms with E-state index in [0.29, 0.717) is 11.4 Å². The van der Waals surface area contributed by atoms with Crippen LogP contribution in [0.1, 0.15) is 10.4 Å². The molecule has 0 spiro atoms. The normalized spacial score (nSPS) is 10.7. The summed E-state index contributed by atoms with van der Waals surface area (Å²) < 4.78 is 7.53. The molecule has 0 aliphatic carbocycles. The number of benzene rings is 1. The van der Waals surface area contributed by atoms with Gasteiger partial charge in [0, 0.05) is 6.07 Å². The molecule has 0 atom stereocenters. The Bertz CT molecular complexity index is 902. The van der Waals surface area contributed by atoms with Crippen LogP contribution >= 0.6 is 22.6 Å². The summed E-state index contributed by atoms with van der Waals surface area (Å²) in [5, 5.41) is 15.1. The van der Waals surface area contributed by atoms with Gasteiger partial charge in [-0.2, -0.15) is 5.10 Å². The molecule has 9 heteroatoms. The average Bonchev–Trinajstić information content (AvgIpc) is 2.82. The van der Waals surface area contributed by atoms with E-state index in [2.05, 4.69) is 15.2 Å². The Morgan fingerprint density at radius 1 is 1.38 bits per heavy atom. The van der Waals surface area contributed by atoms with Gasteiger partial charge in [-0.3, -0.25) is 0 Å². The van der Waals surface area contributed by atoms with Crippen molar-refractivity contribution >= 4 is 34.2 Å². The van der Waals surface area contributed by atoms with Gasteiger partial charge in [0.05, 0.1) is 9.13 Å². The molecule has 0 bridgehead atoms. The first-order valence-corrected chi connectivity index (χ1v) is 6.76. The van der Waals surface area contributed by atoms with E-state index in [1.54, 1.807) is 6.07 Å². The topological polar surface area (TPSA) is 110 Å². The van der Waals surface area contributed by atoms with Crippen molar-refractivity contribution in [1.29, 1.82) is 0 Å². The van der Waals surface area contributed by atoms with Gasteiger partial charge < -0.3 is 9.84 Å². The minimum absolute atomic E-state index is 0.113. The number of nitrogens with one attached hydrogen (secondary N) is 1. The number of carboxylic acid groups (broad SMARTS) is 1. The minimum atomic E-state index is -1.04. The summed E-state index contributed by atoms with van der Waals surface area (Å²) in [4.78, 5) is 26.3. The molecule has 21 heavy (non-hydrogen) atoms. The number of rotatable bonds is 3. The molecule has 1 aromatic carbocycles. The van der Waals surface area contributed by atoms with Gasteiger partial charge in [0.2, 0.25) is 5.88 Å². The summed E-state index contributed by atoms with van der Waals surface area (Å²) >= 11 is 2.03. The Kier molecular flexibility index (Phi) is 3.33. The lowest BCUT2D eigenvalue weighted by Crippen LogP contribution is -2.09. The Balaban J connectivity index is 1.99. The number of ether oxygens (including phenoxy) is 1. The lowest BCUT2D eigenvalue weighted by Gasteiger charge is -2.07. The molecule has 0 amide bonds. The molecule has 0 radical (unpaired) electrons. The van der Waals surface area contributed by atoms with Gasteiger partial charge in [-0.05, 0) is 40.8 Å². The van der Waals surface area contributed by atoms with Crippen LogP contribution in [-0.2, 0) is 0 Å². The van der Waals surface area contributed by atoms with Crippen LogP contribution in [0.5, 0.6) is 11.6 Å². The van der Waals surface area contributed by atoms with E-state index in [1.807, 2.05) is 22.6 Å². The zero-order valence-electron chi connectivity index (χ0n) is 10.3. The fourth-order valence-corrected chi connectivity index (χ4v) is 2.12. The molecule has 8 nitrogen and oxygen atoms in total.